The quantitative estimate of drug-likeness (QED) is 0.876. The Morgan fingerprint density at radius 3 is 2.70 bits per heavy atom. The Kier molecular flexibility index (Phi) is 5.03. The van der Waals surface area contributed by atoms with Crippen molar-refractivity contribution in [3.8, 4) is 0 Å². The number of benzene rings is 1. The lowest BCUT2D eigenvalue weighted by molar-refractivity contribution is 0.422. The number of rotatable bonds is 5. The minimum absolute atomic E-state index is 0.145. The standard InChI is InChI=1S/C17H27FN2/c1-5-19-13(4)16-10-15(18)6-7-17(16)20-9-8-14(11-20)12(2)3/h6-7,10,12-14,19H,5,8-9,11H2,1-4H3. The summed E-state index contributed by atoms with van der Waals surface area (Å²) in [4.78, 5) is 2.42. The Morgan fingerprint density at radius 2 is 2.10 bits per heavy atom. The molecule has 1 fully saturated rings. The topological polar surface area (TPSA) is 15.3 Å². The van der Waals surface area contributed by atoms with Gasteiger partial charge in [0.1, 0.15) is 5.82 Å². The summed E-state index contributed by atoms with van der Waals surface area (Å²) in [5.74, 6) is 1.32. The molecule has 1 aromatic rings. The second kappa shape index (κ2) is 6.57. The maximum Gasteiger partial charge on any atom is 0.123 e. The van der Waals surface area contributed by atoms with Gasteiger partial charge in [0.25, 0.3) is 0 Å². The molecular formula is C17H27FN2. The normalized spacial score (nSPS) is 20.7. The third-order valence-electron chi connectivity index (χ3n) is 4.47. The van der Waals surface area contributed by atoms with Gasteiger partial charge in [0, 0.05) is 24.8 Å². The van der Waals surface area contributed by atoms with Crippen molar-refractivity contribution >= 4 is 5.69 Å². The number of hydrogen-bond donors (Lipinski definition) is 1. The first-order valence-corrected chi connectivity index (χ1v) is 7.80. The summed E-state index contributed by atoms with van der Waals surface area (Å²) < 4.78 is 13.6. The smallest absolute Gasteiger partial charge is 0.123 e. The van der Waals surface area contributed by atoms with Gasteiger partial charge < -0.3 is 10.2 Å². The second-order valence-corrected chi connectivity index (χ2v) is 6.22. The van der Waals surface area contributed by atoms with Crippen LogP contribution in [-0.2, 0) is 0 Å². The number of hydrogen-bond acceptors (Lipinski definition) is 2. The lowest BCUT2D eigenvalue weighted by Crippen LogP contribution is -2.25. The van der Waals surface area contributed by atoms with E-state index in [9.17, 15) is 4.39 Å². The molecule has 1 N–H and O–H groups in total. The highest BCUT2D eigenvalue weighted by atomic mass is 19.1. The molecule has 112 valence electrons. The number of nitrogens with one attached hydrogen (secondary N) is 1. The van der Waals surface area contributed by atoms with Crippen LogP contribution in [0.25, 0.3) is 0 Å². The molecule has 0 spiro atoms. The first-order chi connectivity index (χ1) is 9.52. The lowest BCUT2D eigenvalue weighted by atomic mass is 9.95. The average molecular weight is 278 g/mol. The molecule has 2 nitrogen and oxygen atoms in total. The van der Waals surface area contributed by atoms with Gasteiger partial charge in [-0.15, -0.1) is 0 Å². The van der Waals surface area contributed by atoms with Gasteiger partial charge in [0.2, 0.25) is 0 Å². The fourth-order valence-electron chi connectivity index (χ4n) is 3.13. The molecule has 1 aliphatic rings. The van der Waals surface area contributed by atoms with Gasteiger partial charge in [0.05, 0.1) is 0 Å². The predicted octanol–water partition coefficient (Wildman–Crippen LogP) is 3.98. The van der Waals surface area contributed by atoms with Gasteiger partial charge in [-0.25, -0.2) is 4.39 Å². The number of anilines is 1. The maximum absolute atomic E-state index is 13.6. The molecule has 20 heavy (non-hydrogen) atoms. The molecule has 0 amide bonds. The summed E-state index contributed by atoms with van der Waals surface area (Å²) in [7, 11) is 0. The third kappa shape index (κ3) is 3.32. The summed E-state index contributed by atoms with van der Waals surface area (Å²) in [6.45, 7) is 11.8. The van der Waals surface area contributed by atoms with E-state index < -0.39 is 0 Å². The molecule has 3 heteroatoms. The monoisotopic (exact) mass is 278 g/mol. The van der Waals surface area contributed by atoms with E-state index in [2.05, 4.69) is 37.9 Å². The average Bonchev–Trinajstić information content (AvgIpc) is 2.88. The lowest BCUT2D eigenvalue weighted by Gasteiger charge is -2.26. The first-order valence-electron chi connectivity index (χ1n) is 7.80. The predicted molar refractivity (Wildman–Crippen MR) is 83.6 cm³/mol. The highest BCUT2D eigenvalue weighted by Gasteiger charge is 2.27. The molecule has 0 radical (unpaired) electrons. The van der Waals surface area contributed by atoms with E-state index in [4.69, 9.17) is 0 Å². The number of nitrogens with zero attached hydrogens (tertiary/aromatic N) is 1. The van der Waals surface area contributed by atoms with Crippen LogP contribution in [0.2, 0.25) is 0 Å². The third-order valence-corrected chi connectivity index (χ3v) is 4.47. The van der Waals surface area contributed by atoms with Gasteiger partial charge in [-0.2, -0.15) is 0 Å². The Bertz CT molecular complexity index is 445. The van der Waals surface area contributed by atoms with Crippen LogP contribution in [0.4, 0.5) is 10.1 Å². The molecule has 2 unspecified atom stereocenters. The molecular weight excluding hydrogens is 251 g/mol. The Labute approximate surface area is 122 Å². The molecule has 1 saturated heterocycles. The van der Waals surface area contributed by atoms with Crippen LogP contribution < -0.4 is 10.2 Å². The maximum atomic E-state index is 13.6. The van der Waals surface area contributed by atoms with Crippen molar-refractivity contribution in [1.82, 2.24) is 5.32 Å². The van der Waals surface area contributed by atoms with Crippen LogP contribution in [-0.4, -0.2) is 19.6 Å². The van der Waals surface area contributed by atoms with Crippen molar-refractivity contribution in [2.24, 2.45) is 11.8 Å². The molecule has 0 bridgehead atoms. The highest BCUT2D eigenvalue weighted by Crippen LogP contribution is 2.33. The van der Waals surface area contributed by atoms with Gasteiger partial charge in [0.15, 0.2) is 0 Å². The van der Waals surface area contributed by atoms with Crippen molar-refractivity contribution < 1.29 is 4.39 Å². The zero-order valence-electron chi connectivity index (χ0n) is 13.1. The van der Waals surface area contributed by atoms with Crippen molar-refractivity contribution in [2.45, 2.75) is 40.2 Å². The minimum Gasteiger partial charge on any atom is -0.371 e. The molecule has 1 aromatic carbocycles. The highest BCUT2D eigenvalue weighted by molar-refractivity contribution is 5.56. The number of halogens is 1. The van der Waals surface area contributed by atoms with E-state index in [1.807, 2.05) is 6.07 Å². The van der Waals surface area contributed by atoms with Gasteiger partial charge in [-0.05, 0) is 55.5 Å². The second-order valence-electron chi connectivity index (χ2n) is 6.22. The van der Waals surface area contributed by atoms with E-state index in [-0.39, 0.29) is 11.9 Å². The van der Waals surface area contributed by atoms with Gasteiger partial charge in [-0.1, -0.05) is 20.8 Å². The molecule has 2 atom stereocenters. The van der Waals surface area contributed by atoms with Crippen LogP contribution in [0.3, 0.4) is 0 Å². The molecule has 2 rings (SSSR count). The molecule has 1 aliphatic heterocycles. The van der Waals surface area contributed by atoms with E-state index in [0.717, 1.165) is 37.0 Å². The summed E-state index contributed by atoms with van der Waals surface area (Å²) in [6, 6.07) is 5.40. The van der Waals surface area contributed by atoms with E-state index in [1.165, 1.54) is 12.1 Å². The Hall–Kier alpha value is -1.09. The van der Waals surface area contributed by atoms with Crippen LogP contribution in [0, 0.1) is 17.7 Å². The Balaban J connectivity index is 2.23. The molecule has 1 heterocycles. The molecule has 0 aromatic heterocycles. The van der Waals surface area contributed by atoms with E-state index in [1.54, 1.807) is 12.1 Å². The van der Waals surface area contributed by atoms with Crippen LogP contribution in [0.15, 0.2) is 18.2 Å². The van der Waals surface area contributed by atoms with Crippen LogP contribution in [0.1, 0.15) is 45.7 Å². The molecule has 0 aliphatic carbocycles. The van der Waals surface area contributed by atoms with Gasteiger partial charge >= 0.3 is 0 Å². The van der Waals surface area contributed by atoms with E-state index in [0.29, 0.717) is 0 Å². The molecule has 0 saturated carbocycles. The van der Waals surface area contributed by atoms with Crippen molar-refractivity contribution in [2.75, 3.05) is 24.5 Å². The van der Waals surface area contributed by atoms with Crippen molar-refractivity contribution in [3.63, 3.8) is 0 Å². The SMILES string of the molecule is CCNC(C)c1cc(F)ccc1N1CCC(C(C)C)C1. The zero-order valence-corrected chi connectivity index (χ0v) is 13.1. The van der Waals surface area contributed by atoms with Crippen LogP contribution in [0.5, 0.6) is 0 Å². The van der Waals surface area contributed by atoms with E-state index >= 15 is 0 Å². The summed E-state index contributed by atoms with van der Waals surface area (Å²) in [5, 5.41) is 3.39. The van der Waals surface area contributed by atoms with Gasteiger partial charge in [-0.3, -0.25) is 0 Å². The first kappa shape index (κ1) is 15.3. The summed E-state index contributed by atoms with van der Waals surface area (Å²) >= 11 is 0. The fourth-order valence-corrected chi connectivity index (χ4v) is 3.13. The zero-order chi connectivity index (χ0) is 14.7. The summed E-state index contributed by atoms with van der Waals surface area (Å²) in [5.41, 5.74) is 2.28. The minimum atomic E-state index is -0.145. The summed E-state index contributed by atoms with van der Waals surface area (Å²) in [6.07, 6.45) is 1.24. The Morgan fingerprint density at radius 1 is 1.35 bits per heavy atom. The largest absolute Gasteiger partial charge is 0.371 e. The van der Waals surface area contributed by atoms with Crippen LogP contribution >= 0.6 is 0 Å². The van der Waals surface area contributed by atoms with Crippen molar-refractivity contribution in [3.05, 3.63) is 29.6 Å². The van der Waals surface area contributed by atoms with Crippen molar-refractivity contribution in [1.29, 1.82) is 0 Å². The fraction of sp³-hybridized carbons (Fsp3) is 0.647.